The van der Waals surface area contributed by atoms with Crippen molar-refractivity contribution in [3.63, 3.8) is 0 Å². The van der Waals surface area contributed by atoms with E-state index in [0.717, 1.165) is 11.1 Å². The second-order valence-electron chi connectivity index (χ2n) is 7.36. The fourth-order valence-corrected chi connectivity index (χ4v) is 3.68. The van der Waals surface area contributed by atoms with Crippen LogP contribution in [-0.2, 0) is 0 Å². The molecule has 0 saturated carbocycles. The van der Waals surface area contributed by atoms with E-state index in [1.165, 1.54) is 25.5 Å². The molecule has 5 rings (SSSR count). The van der Waals surface area contributed by atoms with Crippen molar-refractivity contribution >= 4 is 33.5 Å². The SMILES string of the molecule is COc1cccc2cc(C(=O)Nc3cccc(-c4ccc5occc(=O)c5c4)c3)c(=O)oc12. The summed E-state index contributed by atoms with van der Waals surface area (Å²) in [5.41, 5.74) is 1.82. The molecule has 33 heavy (non-hydrogen) atoms. The summed E-state index contributed by atoms with van der Waals surface area (Å²) in [4.78, 5) is 37.4. The van der Waals surface area contributed by atoms with Gasteiger partial charge in [0.2, 0.25) is 0 Å². The number of methoxy groups -OCH3 is 1. The van der Waals surface area contributed by atoms with Crippen molar-refractivity contribution in [3.8, 4) is 16.9 Å². The highest BCUT2D eigenvalue weighted by Crippen LogP contribution is 2.27. The summed E-state index contributed by atoms with van der Waals surface area (Å²) >= 11 is 0. The van der Waals surface area contributed by atoms with Gasteiger partial charge in [-0.05, 0) is 47.5 Å². The Kier molecular flexibility index (Phi) is 4.99. The topological polar surface area (TPSA) is 98.7 Å². The van der Waals surface area contributed by atoms with Gasteiger partial charge in [0.15, 0.2) is 16.8 Å². The maximum Gasteiger partial charge on any atom is 0.349 e. The van der Waals surface area contributed by atoms with E-state index in [4.69, 9.17) is 13.6 Å². The molecule has 0 atom stereocenters. The lowest BCUT2D eigenvalue weighted by atomic mass is 10.0. The standard InChI is InChI=1S/C26H17NO6/c1-31-23-7-3-5-17-14-20(26(30)33-24(17)23)25(29)27-18-6-2-4-15(12-18)16-8-9-22-19(13-16)21(28)10-11-32-22/h2-14H,1H3,(H,27,29). The van der Waals surface area contributed by atoms with Gasteiger partial charge in [0, 0.05) is 17.1 Å². The van der Waals surface area contributed by atoms with Crippen molar-refractivity contribution in [2.75, 3.05) is 12.4 Å². The maximum atomic E-state index is 12.8. The number of para-hydroxylation sites is 1. The van der Waals surface area contributed by atoms with Crippen LogP contribution in [0.4, 0.5) is 5.69 Å². The van der Waals surface area contributed by atoms with E-state index < -0.39 is 11.5 Å². The minimum atomic E-state index is -0.762. The first-order valence-electron chi connectivity index (χ1n) is 10.1. The first kappa shape index (κ1) is 20.3. The van der Waals surface area contributed by atoms with Crippen molar-refractivity contribution in [2.24, 2.45) is 0 Å². The predicted octanol–water partition coefficient (Wildman–Crippen LogP) is 4.83. The molecule has 1 amide bonds. The zero-order chi connectivity index (χ0) is 22.9. The van der Waals surface area contributed by atoms with Crippen LogP contribution in [0.25, 0.3) is 33.1 Å². The molecule has 2 heterocycles. The molecule has 3 aromatic carbocycles. The van der Waals surface area contributed by atoms with Crippen molar-refractivity contribution < 1.29 is 18.4 Å². The minimum absolute atomic E-state index is 0.121. The Balaban J connectivity index is 1.47. The molecular formula is C26H17NO6. The van der Waals surface area contributed by atoms with Crippen LogP contribution in [0.2, 0.25) is 0 Å². The lowest BCUT2D eigenvalue weighted by molar-refractivity contribution is 0.102. The molecule has 1 N–H and O–H groups in total. The van der Waals surface area contributed by atoms with Crippen LogP contribution in [-0.4, -0.2) is 13.0 Å². The van der Waals surface area contributed by atoms with Gasteiger partial charge >= 0.3 is 5.63 Å². The number of amides is 1. The van der Waals surface area contributed by atoms with Crippen LogP contribution in [0.1, 0.15) is 10.4 Å². The van der Waals surface area contributed by atoms with Crippen LogP contribution in [0.3, 0.4) is 0 Å². The number of ether oxygens (including phenoxy) is 1. The number of anilines is 1. The average molecular weight is 439 g/mol. The molecule has 0 spiro atoms. The van der Waals surface area contributed by atoms with Crippen molar-refractivity contribution in [1.29, 1.82) is 0 Å². The summed E-state index contributed by atoms with van der Waals surface area (Å²) in [6.45, 7) is 0. The Morgan fingerprint density at radius 1 is 0.909 bits per heavy atom. The molecule has 0 aliphatic rings. The summed E-state index contributed by atoms with van der Waals surface area (Å²) in [5, 5.41) is 3.78. The Morgan fingerprint density at radius 2 is 1.73 bits per heavy atom. The van der Waals surface area contributed by atoms with Gasteiger partial charge in [-0.2, -0.15) is 0 Å². The van der Waals surface area contributed by atoms with E-state index in [0.29, 0.717) is 27.8 Å². The third-order valence-corrected chi connectivity index (χ3v) is 5.30. The zero-order valence-electron chi connectivity index (χ0n) is 17.5. The second-order valence-corrected chi connectivity index (χ2v) is 7.36. The van der Waals surface area contributed by atoms with Crippen molar-refractivity contribution in [1.82, 2.24) is 0 Å². The van der Waals surface area contributed by atoms with Crippen LogP contribution < -0.4 is 21.1 Å². The monoisotopic (exact) mass is 439 g/mol. The lowest BCUT2D eigenvalue weighted by Crippen LogP contribution is -2.20. The van der Waals surface area contributed by atoms with E-state index in [9.17, 15) is 14.4 Å². The fourth-order valence-electron chi connectivity index (χ4n) is 3.68. The molecule has 0 aliphatic carbocycles. The number of benzene rings is 3. The zero-order valence-corrected chi connectivity index (χ0v) is 17.5. The van der Waals surface area contributed by atoms with Gasteiger partial charge < -0.3 is 18.9 Å². The molecule has 7 heteroatoms. The molecule has 162 valence electrons. The fraction of sp³-hybridized carbons (Fsp3) is 0.0385. The summed E-state index contributed by atoms with van der Waals surface area (Å²) in [7, 11) is 1.48. The molecule has 0 unspecified atom stereocenters. The number of carbonyl (C=O) groups is 1. The highest BCUT2D eigenvalue weighted by Gasteiger charge is 2.16. The lowest BCUT2D eigenvalue weighted by Gasteiger charge is -2.09. The van der Waals surface area contributed by atoms with Gasteiger partial charge in [-0.3, -0.25) is 9.59 Å². The largest absolute Gasteiger partial charge is 0.493 e. The molecular weight excluding hydrogens is 422 g/mol. The Morgan fingerprint density at radius 3 is 2.58 bits per heavy atom. The third kappa shape index (κ3) is 3.76. The number of fused-ring (bicyclic) bond motifs is 2. The molecule has 0 bridgehead atoms. The number of hydrogen-bond acceptors (Lipinski definition) is 6. The van der Waals surface area contributed by atoms with Gasteiger partial charge in [0.05, 0.1) is 18.8 Å². The minimum Gasteiger partial charge on any atom is -0.493 e. The average Bonchev–Trinajstić information content (AvgIpc) is 2.83. The van der Waals surface area contributed by atoms with Crippen molar-refractivity contribution in [2.45, 2.75) is 0 Å². The Bertz CT molecular complexity index is 1650. The summed E-state index contributed by atoms with van der Waals surface area (Å²) in [6.07, 6.45) is 1.36. The Labute approximate surface area is 186 Å². The molecule has 0 radical (unpaired) electrons. The molecule has 0 aliphatic heterocycles. The summed E-state index contributed by atoms with van der Waals surface area (Å²) < 4.78 is 15.9. The smallest absolute Gasteiger partial charge is 0.349 e. The van der Waals surface area contributed by atoms with Crippen LogP contribution in [0, 0.1) is 0 Å². The maximum absolute atomic E-state index is 12.8. The molecule has 0 saturated heterocycles. The third-order valence-electron chi connectivity index (χ3n) is 5.30. The van der Waals surface area contributed by atoms with Gasteiger partial charge in [-0.15, -0.1) is 0 Å². The first-order chi connectivity index (χ1) is 16.0. The normalized spacial score (nSPS) is 10.9. The van der Waals surface area contributed by atoms with Gasteiger partial charge in [0.25, 0.3) is 5.91 Å². The Hall–Kier alpha value is -4.65. The number of carbonyl (C=O) groups excluding carboxylic acids is 1. The number of nitrogens with one attached hydrogen (secondary N) is 1. The van der Waals surface area contributed by atoms with E-state index in [1.54, 1.807) is 48.5 Å². The van der Waals surface area contributed by atoms with E-state index >= 15 is 0 Å². The van der Waals surface area contributed by atoms with Gasteiger partial charge in [0.1, 0.15) is 11.1 Å². The van der Waals surface area contributed by atoms with Crippen LogP contribution >= 0.6 is 0 Å². The molecule has 7 nitrogen and oxygen atoms in total. The van der Waals surface area contributed by atoms with Crippen LogP contribution in [0.5, 0.6) is 5.75 Å². The van der Waals surface area contributed by atoms with E-state index in [2.05, 4.69) is 5.32 Å². The molecule has 2 aromatic heterocycles. The summed E-state index contributed by atoms with van der Waals surface area (Å²) in [6, 6.07) is 20.4. The number of hydrogen-bond donors (Lipinski definition) is 1. The van der Waals surface area contributed by atoms with E-state index in [-0.39, 0.29) is 16.6 Å². The van der Waals surface area contributed by atoms with Crippen molar-refractivity contribution in [3.05, 3.63) is 105 Å². The highest BCUT2D eigenvalue weighted by molar-refractivity contribution is 6.06. The molecule has 5 aromatic rings. The summed E-state index contributed by atoms with van der Waals surface area (Å²) in [5.74, 6) is -0.182. The molecule has 0 fully saturated rings. The van der Waals surface area contributed by atoms with Crippen LogP contribution in [0.15, 0.2) is 97.5 Å². The highest BCUT2D eigenvalue weighted by atomic mass is 16.5. The quantitative estimate of drug-likeness (QED) is 0.403. The number of rotatable bonds is 4. The predicted molar refractivity (Wildman–Crippen MR) is 125 cm³/mol. The first-order valence-corrected chi connectivity index (χ1v) is 10.1. The van der Waals surface area contributed by atoms with Gasteiger partial charge in [-0.1, -0.05) is 30.3 Å². The van der Waals surface area contributed by atoms with E-state index in [1.807, 2.05) is 12.1 Å². The van der Waals surface area contributed by atoms with Gasteiger partial charge in [-0.25, -0.2) is 4.79 Å². The second kappa shape index (κ2) is 8.12.